The molecule has 0 saturated heterocycles. The number of rotatable bonds is 4. The lowest BCUT2D eigenvalue weighted by Crippen LogP contribution is -2.25. The number of furan rings is 1. The molecule has 2 heterocycles. The highest BCUT2D eigenvalue weighted by molar-refractivity contribution is 5.90. The van der Waals surface area contributed by atoms with Gasteiger partial charge in [0.05, 0.1) is 6.26 Å². The van der Waals surface area contributed by atoms with E-state index in [4.69, 9.17) is 8.83 Å². The summed E-state index contributed by atoms with van der Waals surface area (Å²) in [5, 5.41) is 6.57. The molecule has 7 nitrogen and oxygen atoms in total. The van der Waals surface area contributed by atoms with Crippen molar-refractivity contribution in [2.24, 2.45) is 0 Å². The minimum Gasteiger partial charge on any atom is -0.459 e. The van der Waals surface area contributed by atoms with E-state index < -0.39 is 5.76 Å². The normalized spacial score (nSPS) is 10.5. The third-order valence-corrected chi connectivity index (χ3v) is 2.69. The molecule has 0 atom stereocenters. The molecule has 106 valence electrons. The van der Waals surface area contributed by atoms with Crippen LogP contribution in [0, 0.1) is 0 Å². The summed E-state index contributed by atoms with van der Waals surface area (Å²) in [4.78, 5) is 23.5. The first kappa shape index (κ1) is 12.9. The molecule has 2 aromatic heterocycles. The summed E-state index contributed by atoms with van der Waals surface area (Å²) in [6.45, 7) is -0.238. The van der Waals surface area contributed by atoms with Crippen LogP contribution >= 0.6 is 0 Å². The van der Waals surface area contributed by atoms with Gasteiger partial charge in [-0.1, -0.05) is 18.2 Å². The minimum atomic E-state index is -0.718. The molecule has 0 bridgehead atoms. The minimum absolute atomic E-state index is 0.0394. The van der Waals surface area contributed by atoms with Crippen molar-refractivity contribution in [2.75, 3.05) is 5.32 Å². The topological polar surface area (TPSA) is 90.3 Å². The van der Waals surface area contributed by atoms with Crippen LogP contribution in [-0.4, -0.2) is 15.7 Å². The van der Waals surface area contributed by atoms with Gasteiger partial charge in [-0.2, -0.15) is 4.68 Å². The molecule has 1 amide bonds. The lowest BCUT2D eigenvalue weighted by Gasteiger charge is -2.03. The summed E-state index contributed by atoms with van der Waals surface area (Å²) in [6.07, 6.45) is 1.44. The maximum atomic E-state index is 11.9. The van der Waals surface area contributed by atoms with Crippen LogP contribution in [-0.2, 0) is 11.3 Å². The standard InChI is InChI=1S/C14H11N3O4/c18-12(15-10-5-2-1-3-6-10)9-17-14(19)21-13(16-17)11-7-4-8-20-11/h1-8H,9H2,(H,15,18). The number of nitrogens with zero attached hydrogens (tertiary/aromatic N) is 2. The number of hydrogen-bond acceptors (Lipinski definition) is 5. The molecule has 0 unspecified atom stereocenters. The average Bonchev–Trinajstić information content (AvgIpc) is 3.10. The Hall–Kier alpha value is -3.09. The fourth-order valence-electron chi connectivity index (χ4n) is 1.76. The summed E-state index contributed by atoms with van der Waals surface area (Å²) >= 11 is 0. The monoisotopic (exact) mass is 285 g/mol. The van der Waals surface area contributed by atoms with Gasteiger partial charge in [-0.15, -0.1) is 5.10 Å². The fraction of sp³-hybridized carbons (Fsp3) is 0.0714. The molecule has 0 saturated carbocycles. The highest BCUT2D eigenvalue weighted by Gasteiger charge is 2.14. The van der Waals surface area contributed by atoms with Gasteiger partial charge >= 0.3 is 5.76 Å². The van der Waals surface area contributed by atoms with Gasteiger partial charge in [0.25, 0.3) is 5.89 Å². The third-order valence-electron chi connectivity index (χ3n) is 2.69. The Labute approximate surface area is 118 Å². The van der Waals surface area contributed by atoms with Gasteiger partial charge in [0, 0.05) is 5.69 Å². The number of para-hydroxylation sites is 1. The number of carbonyl (C=O) groups excluding carboxylic acids is 1. The van der Waals surface area contributed by atoms with Gasteiger partial charge in [0.2, 0.25) is 5.91 Å². The molecule has 3 rings (SSSR count). The molecule has 1 N–H and O–H groups in total. The van der Waals surface area contributed by atoms with E-state index in [-0.39, 0.29) is 18.3 Å². The molecule has 0 aliphatic heterocycles. The van der Waals surface area contributed by atoms with Crippen LogP contribution < -0.4 is 11.1 Å². The second-order valence-corrected chi connectivity index (χ2v) is 4.22. The smallest absolute Gasteiger partial charge is 0.437 e. The van der Waals surface area contributed by atoms with Crippen molar-refractivity contribution in [1.29, 1.82) is 0 Å². The Balaban J connectivity index is 1.73. The Bertz CT molecular complexity index is 787. The maximum absolute atomic E-state index is 11.9. The van der Waals surface area contributed by atoms with E-state index in [9.17, 15) is 9.59 Å². The highest BCUT2D eigenvalue weighted by Crippen LogP contribution is 2.15. The van der Waals surface area contributed by atoms with E-state index in [0.29, 0.717) is 11.4 Å². The average molecular weight is 285 g/mol. The van der Waals surface area contributed by atoms with E-state index in [0.717, 1.165) is 4.68 Å². The maximum Gasteiger partial charge on any atom is 0.437 e. The van der Waals surface area contributed by atoms with Crippen LogP contribution in [0.3, 0.4) is 0 Å². The SMILES string of the molecule is O=C(Cn1nc(-c2ccco2)oc1=O)Nc1ccccc1. The van der Waals surface area contributed by atoms with Gasteiger partial charge in [-0.3, -0.25) is 4.79 Å². The van der Waals surface area contributed by atoms with Crippen molar-refractivity contribution in [1.82, 2.24) is 9.78 Å². The first-order chi connectivity index (χ1) is 10.2. The highest BCUT2D eigenvalue weighted by atomic mass is 16.4. The molecule has 7 heteroatoms. The van der Waals surface area contributed by atoms with Crippen molar-refractivity contribution in [3.63, 3.8) is 0 Å². The Morgan fingerprint density at radius 1 is 1.19 bits per heavy atom. The van der Waals surface area contributed by atoms with Crippen molar-refractivity contribution in [3.8, 4) is 11.7 Å². The number of benzene rings is 1. The van der Waals surface area contributed by atoms with Crippen molar-refractivity contribution in [2.45, 2.75) is 6.54 Å². The quantitative estimate of drug-likeness (QED) is 0.788. The van der Waals surface area contributed by atoms with Crippen LogP contribution in [0.25, 0.3) is 11.7 Å². The van der Waals surface area contributed by atoms with E-state index in [1.165, 1.54) is 6.26 Å². The van der Waals surface area contributed by atoms with Crippen LogP contribution in [0.2, 0.25) is 0 Å². The first-order valence-corrected chi connectivity index (χ1v) is 6.19. The summed E-state index contributed by atoms with van der Waals surface area (Å²) in [5.41, 5.74) is 0.644. The van der Waals surface area contributed by atoms with Crippen molar-refractivity contribution < 1.29 is 13.6 Å². The molecule has 21 heavy (non-hydrogen) atoms. The first-order valence-electron chi connectivity index (χ1n) is 6.19. The zero-order valence-corrected chi connectivity index (χ0v) is 10.9. The number of carbonyl (C=O) groups is 1. The Morgan fingerprint density at radius 3 is 2.71 bits per heavy atom. The zero-order valence-electron chi connectivity index (χ0n) is 10.9. The second-order valence-electron chi connectivity index (χ2n) is 4.22. The summed E-state index contributed by atoms with van der Waals surface area (Å²) < 4.78 is 11.0. The van der Waals surface area contributed by atoms with Crippen LogP contribution in [0.4, 0.5) is 5.69 Å². The number of hydrogen-bond donors (Lipinski definition) is 1. The van der Waals surface area contributed by atoms with E-state index >= 15 is 0 Å². The number of anilines is 1. The second kappa shape index (κ2) is 5.49. The predicted octanol–water partition coefficient (Wildman–Crippen LogP) is 1.73. The third kappa shape index (κ3) is 2.92. The molecule has 0 radical (unpaired) electrons. The largest absolute Gasteiger partial charge is 0.459 e. The van der Waals surface area contributed by atoms with E-state index in [1.807, 2.05) is 6.07 Å². The van der Waals surface area contributed by atoms with Gasteiger partial charge in [0.1, 0.15) is 6.54 Å². The van der Waals surface area contributed by atoms with Gasteiger partial charge < -0.3 is 14.2 Å². The van der Waals surface area contributed by atoms with Crippen LogP contribution in [0.15, 0.2) is 62.4 Å². The van der Waals surface area contributed by atoms with Gasteiger partial charge in [-0.25, -0.2) is 4.79 Å². The van der Waals surface area contributed by atoms with E-state index in [2.05, 4.69) is 10.4 Å². The Kier molecular flexibility index (Phi) is 3.38. The molecular formula is C14H11N3O4. The molecule has 0 spiro atoms. The summed E-state index contributed by atoms with van der Waals surface area (Å²) in [6, 6.07) is 12.2. The summed E-state index contributed by atoms with van der Waals surface area (Å²) in [7, 11) is 0. The van der Waals surface area contributed by atoms with Crippen molar-refractivity contribution in [3.05, 3.63) is 59.3 Å². The van der Waals surface area contributed by atoms with Crippen molar-refractivity contribution >= 4 is 11.6 Å². The van der Waals surface area contributed by atoms with E-state index in [1.54, 1.807) is 36.4 Å². The molecule has 0 aliphatic carbocycles. The molecule has 0 fully saturated rings. The zero-order chi connectivity index (χ0) is 14.7. The molecule has 3 aromatic rings. The number of amides is 1. The van der Waals surface area contributed by atoms with Gasteiger partial charge in [0.15, 0.2) is 5.76 Å². The Morgan fingerprint density at radius 2 is 2.00 bits per heavy atom. The fourth-order valence-corrected chi connectivity index (χ4v) is 1.76. The molecule has 1 aromatic carbocycles. The lowest BCUT2D eigenvalue weighted by atomic mass is 10.3. The lowest BCUT2D eigenvalue weighted by molar-refractivity contribution is -0.117. The van der Waals surface area contributed by atoms with Gasteiger partial charge in [-0.05, 0) is 24.3 Å². The van der Waals surface area contributed by atoms with Crippen LogP contribution in [0.1, 0.15) is 0 Å². The molecular weight excluding hydrogens is 274 g/mol. The van der Waals surface area contributed by atoms with Crippen LogP contribution in [0.5, 0.6) is 0 Å². The summed E-state index contributed by atoms with van der Waals surface area (Å²) in [5.74, 6) is -0.723. The predicted molar refractivity (Wildman–Crippen MR) is 73.5 cm³/mol. The molecule has 0 aliphatic rings. The number of nitrogens with one attached hydrogen (secondary N) is 1. The number of aromatic nitrogens is 2.